The first kappa shape index (κ1) is 11.3. The van der Waals surface area contributed by atoms with Crippen LogP contribution in [0.1, 0.15) is 17.4 Å². The number of benzene rings is 1. The van der Waals surface area contributed by atoms with Crippen LogP contribution in [0.2, 0.25) is 0 Å². The van der Waals surface area contributed by atoms with E-state index in [9.17, 15) is 9.50 Å². The smallest absolute Gasteiger partial charge is 0.124 e. The highest BCUT2D eigenvalue weighted by molar-refractivity contribution is 9.10. The summed E-state index contributed by atoms with van der Waals surface area (Å²) in [5.41, 5.74) is 0.965. The van der Waals surface area contributed by atoms with Gasteiger partial charge in [-0.2, -0.15) is 5.10 Å². The zero-order valence-electron chi connectivity index (χ0n) is 8.56. The van der Waals surface area contributed by atoms with Crippen molar-refractivity contribution in [3.63, 3.8) is 0 Å². The van der Waals surface area contributed by atoms with Crippen LogP contribution in [0.4, 0.5) is 4.39 Å². The van der Waals surface area contributed by atoms with Gasteiger partial charge in [-0.3, -0.25) is 4.68 Å². The van der Waals surface area contributed by atoms with Crippen molar-refractivity contribution in [1.29, 1.82) is 0 Å². The third kappa shape index (κ3) is 2.15. The van der Waals surface area contributed by atoms with E-state index in [0.29, 0.717) is 15.7 Å². The van der Waals surface area contributed by atoms with Crippen LogP contribution < -0.4 is 0 Å². The lowest BCUT2D eigenvalue weighted by atomic mass is 10.1. The molecule has 0 saturated carbocycles. The number of aromatic nitrogens is 2. The summed E-state index contributed by atoms with van der Waals surface area (Å²) in [4.78, 5) is 0. The standard InChI is InChI=1S/C11H10BrFN2O/c1-15-5-4-10(14-15)11(16)8-6-7(13)2-3-9(8)12/h2-6,11,16H,1H3. The summed E-state index contributed by atoms with van der Waals surface area (Å²) < 4.78 is 15.3. The number of aliphatic hydroxyl groups is 1. The largest absolute Gasteiger partial charge is 0.382 e. The molecule has 0 aliphatic rings. The van der Waals surface area contributed by atoms with Gasteiger partial charge in [-0.15, -0.1) is 0 Å². The monoisotopic (exact) mass is 284 g/mol. The first-order chi connectivity index (χ1) is 7.58. The molecular formula is C11H10BrFN2O. The molecule has 1 aromatic carbocycles. The van der Waals surface area contributed by atoms with E-state index in [0.717, 1.165) is 0 Å². The van der Waals surface area contributed by atoms with E-state index >= 15 is 0 Å². The highest BCUT2D eigenvalue weighted by Gasteiger charge is 2.16. The van der Waals surface area contributed by atoms with Gasteiger partial charge in [0.25, 0.3) is 0 Å². The van der Waals surface area contributed by atoms with E-state index in [1.165, 1.54) is 12.1 Å². The van der Waals surface area contributed by atoms with Crippen LogP contribution in [0.15, 0.2) is 34.9 Å². The normalized spacial score (nSPS) is 12.8. The molecule has 0 fully saturated rings. The molecule has 1 heterocycles. The Morgan fingerprint density at radius 3 is 2.81 bits per heavy atom. The van der Waals surface area contributed by atoms with Crippen molar-refractivity contribution in [2.75, 3.05) is 0 Å². The SMILES string of the molecule is Cn1ccc(C(O)c2cc(F)ccc2Br)n1. The van der Waals surface area contributed by atoms with Gasteiger partial charge in [0.1, 0.15) is 11.9 Å². The predicted molar refractivity (Wildman–Crippen MR) is 61.4 cm³/mol. The molecule has 0 amide bonds. The van der Waals surface area contributed by atoms with E-state index in [2.05, 4.69) is 21.0 Å². The van der Waals surface area contributed by atoms with Crippen molar-refractivity contribution in [3.8, 4) is 0 Å². The van der Waals surface area contributed by atoms with Gasteiger partial charge in [-0.1, -0.05) is 15.9 Å². The number of halogens is 2. The molecule has 2 rings (SSSR count). The van der Waals surface area contributed by atoms with Gasteiger partial charge in [0.15, 0.2) is 0 Å². The zero-order valence-corrected chi connectivity index (χ0v) is 10.1. The van der Waals surface area contributed by atoms with E-state index in [1.54, 1.807) is 30.1 Å². The average molecular weight is 285 g/mol. The highest BCUT2D eigenvalue weighted by Crippen LogP contribution is 2.28. The van der Waals surface area contributed by atoms with Crippen molar-refractivity contribution in [1.82, 2.24) is 9.78 Å². The fourth-order valence-electron chi connectivity index (χ4n) is 1.46. The van der Waals surface area contributed by atoms with E-state index in [1.807, 2.05) is 0 Å². The average Bonchev–Trinajstić information content (AvgIpc) is 2.67. The molecule has 0 radical (unpaired) electrons. The van der Waals surface area contributed by atoms with Crippen LogP contribution in [-0.2, 0) is 7.05 Å². The molecule has 0 saturated heterocycles. The molecule has 1 atom stereocenters. The second-order valence-corrected chi connectivity index (χ2v) is 4.34. The molecular weight excluding hydrogens is 275 g/mol. The lowest BCUT2D eigenvalue weighted by Gasteiger charge is -2.10. The second kappa shape index (κ2) is 4.35. The number of hydrogen-bond donors (Lipinski definition) is 1. The van der Waals surface area contributed by atoms with Gasteiger partial charge in [-0.25, -0.2) is 4.39 Å². The van der Waals surface area contributed by atoms with Gasteiger partial charge in [0, 0.05) is 23.3 Å². The van der Waals surface area contributed by atoms with Gasteiger partial charge < -0.3 is 5.11 Å². The van der Waals surface area contributed by atoms with Crippen molar-refractivity contribution < 1.29 is 9.50 Å². The minimum Gasteiger partial charge on any atom is -0.382 e. The fourth-order valence-corrected chi connectivity index (χ4v) is 1.93. The topological polar surface area (TPSA) is 38.0 Å². The molecule has 1 N–H and O–H groups in total. The lowest BCUT2D eigenvalue weighted by molar-refractivity contribution is 0.213. The Labute approximate surface area is 101 Å². The van der Waals surface area contributed by atoms with Crippen LogP contribution >= 0.6 is 15.9 Å². The molecule has 0 aliphatic heterocycles. The quantitative estimate of drug-likeness (QED) is 0.920. The maximum Gasteiger partial charge on any atom is 0.124 e. The van der Waals surface area contributed by atoms with Crippen molar-refractivity contribution >= 4 is 15.9 Å². The molecule has 0 bridgehead atoms. The Bertz CT molecular complexity index is 512. The van der Waals surface area contributed by atoms with Crippen LogP contribution in [0.5, 0.6) is 0 Å². The first-order valence-electron chi connectivity index (χ1n) is 4.70. The van der Waals surface area contributed by atoms with E-state index < -0.39 is 6.10 Å². The van der Waals surface area contributed by atoms with Crippen molar-refractivity contribution in [2.45, 2.75) is 6.10 Å². The number of hydrogen-bond acceptors (Lipinski definition) is 2. The Morgan fingerprint density at radius 1 is 1.44 bits per heavy atom. The van der Waals surface area contributed by atoms with Gasteiger partial charge in [0.05, 0.1) is 5.69 Å². The number of nitrogens with zero attached hydrogens (tertiary/aromatic N) is 2. The minimum absolute atomic E-state index is 0.381. The Hall–Kier alpha value is -1.20. The lowest BCUT2D eigenvalue weighted by Crippen LogP contribution is -2.03. The van der Waals surface area contributed by atoms with Crippen LogP contribution in [0, 0.1) is 5.82 Å². The minimum atomic E-state index is -0.925. The number of aliphatic hydroxyl groups excluding tert-OH is 1. The van der Waals surface area contributed by atoms with Crippen LogP contribution in [0.3, 0.4) is 0 Å². The van der Waals surface area contributed by atoms with Crippen LogP contribution in [0.25, 0.3) is 0 Å². The van der Waals surface area contributed by atoms with E-state index in [-0.39, 0.29) is 5.82 Å². The van der Waals surface area contributed by atoms with Gasteiger partial charge >= 0.3 is 0 Å². The number of rotatable bonds is 2. The summed E-state index contributed by atoms with van der Waals surface area (Å²) in [6.07, 6.45) is 0.803. The molecule has 2 aromatic rings. The second-order valence-electron chi connectivity index (χ2n) is 3.48. The molecule has 0 spiro atoms. The molecule has 5 heteroatoms. The summed E-state index contributed by atoms with van der Waals surface area (Å²) in [6, 6.07) is 5.89. The molecule has 3 nitrogen and oxygen atoms in total. The molecule has 0 aliphatic carbocycles. The molecule has 1 unspecified atom stereocenters. The first-order valence-corrected chi connectivity index (χ1v) is 5.50. The summed E-state index contributed by atoms with van der Waals surface area (Å²) in [5.74, 6) is -0.381. The zero-order chi connectivity index (χ0) is 11.7. The van der Waals surface area contributed by atoms with Gasteiger partial charge in [0.2, 0.25) is 0 Å². The number of aryl methyl sites for hydroxylation is 1. The maximum absolute atomic E-state index is 13.1. The molecule has 1 aromatic heterocycles. The third-order valence-electron chi connectivity index (χ3n) is 2.27. The van der Waals surface area contributed by atoms with Crippen molar-refractivity contribution in [3.05, 3.63) is 52.0 Å². The third-order valence-corrected chi connectivity index (χ3v) is 2.99. The van der Waals surface area contributed by atoms with Crippen molar-refractivity contribution in [2.24, 2.45) is 7.05 Å². The van der Waals surface area contributed by atoms with Crippen LogP contribution in [-0.4, -0.2) is 14.9 Å². The summed E-state index contributed by atoms with van der Waals surface area (Å²) in [6.45, 7) is 0. The Kier molecular flexibility index (Phi) is 3.07. The maximum atomic E-state index is 13.1. The Morgan fingerprint density at radius 2 is 2.19 bits per heavy atom. The molecule has 16 heavy (non-hydrogen) atoms. The summed E-state index contributed by atoms with van der Waals surface area (Å²) >= 11 is 3.27. The van der Waals surface area contributed by atoms with Gasteiger partial charge in [-0.05, 0) is 24.3 Å². The fraction of sp³-hybridized carbons (Fsp3) is 0.182. The Balaban J connectivity index is 2.40. The summed E-state index contributed by atoms with van der Waals surface area (Å²) in [5, 5.41) is 14.1. The predicted octanol–water partition coefficient (Wildman–Crippen LogP) is 2.40. The summed E-state index contributed by atoms with van der Waals surface area (Å²) in [7, 11) is 1.76. The van der Waals surface area contributed by atoms with E-state index in [4.69, 9.17) is 0 Å². The molecule has 84 valence electrons. The highest BCUT2D eigenvalue weighted by atomic mass is 79.9.